The van der Waals surface area contributed by atoms with Crippen molar-refractivity contribution in [2.24, 2.45) is 17.6 Å². The summed E-state index contributed by atoms with van der Waals surface area (Å²) in [5, 5.41) is 12.0. The number of carbonyl (C=O) groups excluding carboxylic acids is 1. The number of nitrogens with two attached hydrogens (primary N) is 1. The van der Waals surface area contributed by atoms with Crippen molar-refractivity contribution in [3.63, 3.8) is 0 Å². The highest BCUT2D eigenvalue weighted by Gasteiger charge is 2.33. The lowest BCUT2D eigenvalue weighted by Gasteiger charge is -2.31. The van der Waals surface area contributed by atoms with Crippen LogP contribution in [0.5, 0.6) is 0 Å². The fraction of sp³-hybridized carbons (Fsp3) is 0.857. The summed E-state index contributed by atoms with van der Waals surface area (Å²) in [7, 11) is 0. The van der Waals surface area contributed by atoms with Crippen LogP contribution in [0, 0.1) is 11.8 Å². The average Bonchev–Trinajstić information content (AvgIpc) is 2.43. The van der Waals surface area contributed by atoms with Gasteiger partial charge < -0.3 is 16.2 Å². The van der Waals surface area contributed by atoms with E-state index < -0.39 is 11.5 Å². The number of hydrogen-bond acceptors (Lipinski definition) is 3. The Labute approximate surface area is 114 Å². The quantitative estimate of drug-likeness (QED) is 0.682. The summed E-state index contributed by atoms with van der Waals surface area (Å²) in [6.07, 6.45) is 4.76. The van der Waals surface area contributed by atoms with E-state index in [-0.39, 0.29) is 17.7 Å². The van der Waals surface area contributed by atoms with E-state index in [1.165, 1.54) is 0 Å². The number of amides is 1. The normalized spacial score (nSPS) is 23.9. The van der Waals surface area contributed by atoms with Crippen molar-refractivity contribution in [1.29, 1.82) is 0 Å². The molecular formula is C14H26N2O3. The Balaban J connectivity index is 2.55. The highest BCUT2D eigenvalue weighted by molar-refractivity contribution is 5.86. The third-order valence-electron chi connectivity index (χ3n) is 4.47. The second-order valence-corrected chi connectivity index (χ2v) is 5.56. The van der Waals surface area contributed by atoms with Crippen LogP contribution in [0.15, 0.2) is 0 Å². The summed E-state index contributed by atoms with van der Waals surface area (Å²) < 4.78 is 0. The molecule has 1 rings (SSSR count). The lowest BCUT2D eigenvalue weighted by atomic mass is 9.79. The van der Waals surface area contributed by atoms with Crippen molar-refractivity contribution >= 4 is 11.9 Å². The maximum Gasteiger partial charge on any atom is 0.306 e. The Hall–Kier alpha value is -1.10. The van der Waals surface area contributed by atoms with Gasteiger partial charge in [-0.25, -0.2) is 0 Å². The molecule has 1 aliphatic rings. The van der Waals surface area contributed by atoms with Crippen LogP contribution in [-0.4, -0.2) is 29.1 Å². The first-order valence-electron chi connectivity index (χ1n) is 7.24. The Morgan fingerprint density at radius 2 is 1.84 bits per heavy atom. The summed E-state index contributed by atoms with van der Waals surface area (Å²) in [4.78, 5) is 23.2. The SMILES string of the molecule is CCC(N)(CC)C(=O)NCC1CCCCC1C(=O)O. The molecule has 1 amide bonds. The zero-order valence-corrected chi connectivity index (χ0v) is 11.9. The minimum Gasteiger partial charge on any atom is -0.481 e. The first-order valence-corrected chi connectivity index (χ1v) is 7.24. The molecule has 2 atom stereocenters. The van der Waals surface area contributed by atoms with Crippen LogP contribution in [0.1, 0.15) is 52.4 Å². The van der Waals surface area contributed by atoms with Crippen LogP contribution in [0.2, 0.25) is 0 Å². The summed E-state index contributed by atoms with van der Waals surface area (Å²) in [5.41, 5.74) is 5.20. The molecule has 0 saturated heterocycles. The maximum absolute atomic E-state index is 12.1. The molecule has 0 radical (unpaired) electrons. The number of rotatable bonds is 6. The predicted molar refractivity (Wildman–Crippen MR) is 73.6 cm³/mol. The Morgan fingerprint density at radius 3 is 2.37 bits per heavy atom. The number of carboxylic acid groups (broad SMARTS) is 1. The van der Waals surface area contributed by atoms with E-state index in [9.17, 15) is 14.7 Å². The average molecular weight is 270 g/mol. The van der Waals surface area contributed by atoms with Crippen molar-refractivity contribution in [2.75, 3.05) is 6.54 Å². The van der Waals surface area contributed by atoms with Crippen molar-refractivity contribution in [3.05, 3.63) is 0 Å². The monoisotopic (exact) mass is 270 g/mol. The molecule has 0 aromatic heterocycles. The molecule has 5 nitrogen and oxygen atoms in total. The Kier molecular flexibility index (Phi) is 5.79. The van der Waals surface area contributed by atoms with Gasteiger partial charge in [0.2, 0.25) is 5.91 Å². The van der Waals surface area contributed by atoms with Crippen LogP contribution >= 0.6 is 0 Å². The van der Waals surface area contributed by atoms with Gasteiger partial charge in [0.1, 0.15) is 0 Å². The van der Waals surface area contributed by atoms with Gasteiger partial charge in [-0.1, -0.05) is 26.7 Å². The molecule has 1 fully saturated rings. The first kappa shape index (κ1) is 16.0. The highest BCUT2D eigenvalue weighted by atomic mass is 16.4. The number of carboxylic acids is 1. The summed E-state index contributed by atoms with van der Waals surface area (Å²) in [6, 6.07) is 0. The molecule has 1 aliphatic carbocycles. The minimum absolute atomic E-state index is 0.0353. The van der Waals surface area contributed by atoms with E-state index in [2.05, 4.69) is 5.32 Å². The molecule has 19 heavy (non-hydrogen) atoms. The summed E-state index contributed by atoms with van der Waals surface area (Å²) in [6.45, 7) is 4.21. The lowest BCUT2D eigenvalue weighted by molar-refractivity contribution is -0.145. The second kappa shape index (κ2) is 6.89. The van der Waals surface area contributed by atoms with Crippen molar-refractivity contribution in [2.45, 2.75) is 57.9 Å². The van der Waals surface area contributed by atoms with Crippen molar-refractivity contribution < 1.29 is 14.7 Å². The van der Waals surface area contributed by atoms with Crippen LogP contribution in [0.25, 0.3) is 0 Å². The second-order valence-electron chi connectivity index (χ2n) is 5.56. The summed E-state index contributed by atoms with van der Waals surface area (Å²) >= 11 is 0. The van der Waals surface area contributed by atoms with E-state index in [0.717, 1.165) is 19.3 Å². The zero-order valence-electron chi connectivity index (χ0n) is 11.9. The molecule has 4 N–H and O–H groups in total. The Morgan fingerprint density at radius 1 is 1.26 bits per heavy atom. The standard InChI is InChI=1S/C14H26N2O3/c1-3-14(15,4-2)13(19)16-9-10-7-5-6-8-11(10)12(17)18/h10-11H,3-9,15H2,1-2H3,(H,16,19)(H,17,18). The van der Waals surface area contributed by atoms with Gasteiger partial charge in [0, 0.05) is 6.54 Å². The van der Waals surface area contributed by atoms with Gasteiger partial charge in [-0.05, 0) is 31.6 Å². The molecule has 1 saturated carbocycles. The van der Waals surface area contributed by atoms with E-state index >= 15 is 0 Å². The first-order chi connectivity index (χ1) is 8.94. The van der Waals surface area contributed by atoms with Crippen molar-refractivity contribution in [3.8, 4) is 0 Å². The van der Waals surface area contributed by atoms with E-state index in [0.29, 0.717) is 25.8 Å². The predicted octanol–water partition coefficient (Wildman–Crippen LogP) is 1.51. The van der Waals surface area contributed by atoms with Crippen molar-refractivity contribution in [1.82, 2.24) is 5.32 Å². The summed E-state index contributed by atoms with van der Waals surface area (Å²) in [5.74, 6) is -1.20. The van der Waals surface area contributed by atoms with Gasteiger partial charge in [0.05, 0.1) is 11.5 Å². The molecule has 0 aliphatic heterocycles. The molecule has 0 aromatic rings. The van der Waals surface area contributed by atoms with Gasteiger partial charge in [-0.3, -0.25) is 9.59 Å². The Bertz CT molecular complexity index is 327. The third kappa shape index (κ3) is 3.93. The molecule has 0 heterocycles. The lowest BCUT2D eigenvalue weighted by Crippen LogP contribution is -2.54. The third-order valence-corrected chi connectivity index (χ3v) is 4.47. The van der Waals surface area contributed by atoms with E-state index in [4.69, 9.17) is 5.73 Å². The number of carbonyl (C=O) groups is 2. The molecule has 0 bridgehead atoms. The molecule has 2 unspecified atom stereocenters. The minimum atomic E-state index is -0.826. The van der Waals surface area contributed by atoms with Gasteiger partial charge in [-0.2, -0.15) is 0 Å². The van der Waals surface area contributed by atoms with Crippen LogP contribution in [0.4, 0.5) is 0 Å². The maximum atomic E-state index is 12.1. The number of nitrogens with one attached hydrogen (secondary N) is 1. The fourth-order valence-electron chi connectivity index (χ4n) is 2.75. The van der Waals surface area contributed by atoms with Gasteiger partial charge in [0.15, 0.2) is 0 Å². The number of aliphatic carboxylic acids is 1. The van der Waals surface area contributed by atoms with Gasteiger partial charge >= 0.3 is 5.97 Å². The van der Waals surface area contributed by atoms with Crippen LogP contribution in [0.3, 0.4) is 0 Å². The molecular weight excluding hydrogens is 244 g/mol. The van der Waals surface area contributed by atoms with Crippen LogP contribution < -0.4 is 11.1 Å². The molecule has 110 valence electrons. The smallest absolute Gasteiger partial charge is 0.306 e. The molecule has 5 heteroatoms. The van der Waals surface area contributed by atoms with E-state index in [1.54, 1.807) is 0 Å². The molecule has 0 spiro atoms. The molecule has 0 aromatic carbocycles. The highest BCUT2D eigenvalue weighted by Crippen LogP contribution is 2.29. The van der Waals surface area contributed by atoms with Crippen LogP contribution in [-0.2, 0) is 9.59 Å². The van der Waals surface area contributed by atoms with Gasteiger partial charge in [0.25, 0.3) is 0 Å². The topological polar surface area (TPSA) is 92.4 Å². The zero-order chi connectivity index (χ0) is 14.5. The van der Waals surface area contributed by atoms with Gasteiger partial charge in [-0.15, -0.1) is 0 Å². The van der Waals surface area contributed by atoms with E-state index in [1.807, 2.05) is 13.8 Å². The number of hydrogen-bond donors (Lipinski definition) is 3. The largest absolute Gasteiger partial charge is 0.481 e. The fourth-order valence-corrected chi connectivity index (χ4v) is 2.75.